The Morgan fingerprint density at radius 2 is 1.69 bits per heavy atom. The Balaban J connectivity index is 1.66. The van der Waals surface area contributed by atoms with Crippen LogP contribution in [0.25, 0.3) is 0 Å². The lowest BCUT2D eigenvalue weighted by Gasteiger charge is -2.17. The average molecular weight is 346 g/mol. The summed E-state index contributed by atoms with van der Waals surface area (Å²) in [6, 6.07) is 16.0. The summed E-state index contributed by atoms with van der Waals surface area (Å²) in [5.74, 6) is 0.363. The highest BCUT2D eigenvalue weighted by Crippen LogP contribution is 2.17. The van der Waals surface area contributed by atoms with Gasteiger partial charge in [0, 0.05) is 31.7 Å². The number of amides is 1. The first-order valence-corrected chi connectivity index (χ1v) is 8.48. The molecule has 3 rings (SSSR count). The first-order chi connectivity index (χ1) is 12.5. The zero-order chi connectivity index (χ0) is 18.5. The molecule has 0 radical (unpaired) electrons. The van der Waals surface area contributed by atoms with Crippen molar-refractivity contribution in [2.24, 2.45) is 0 Å². The third-order valence-electron chi connectivity index (χ3n) is 4.27. The molecule has 0 saturated heterocycles. The zero-order valence-corrected chi connectivity index (χ0v) is 15.2. The van der Waals surface area contributed by atoms with Crippen molar-refractivity contribution in [2.45, 2.75) is 20.4 Å². The van der Waals surface area contributed by atoms with Crippen LogP contribution >= 0.6 is 0 Å². The monoisotopic (exact) mass is 346 g/mol. The molecule has 0 aliphatic heterocycles. The molecule has 1 aromatic heterocycles. The summed E-state index contributed by atoms with van der Waals surface area (Å²) in [7, 11) is 1.77. The number of carbonyl (C=O) groups excluding carboxylic acids is 1. The van der Waals surface area contributed by atoms with Crippen LogP contribution in [-0.4, -0.2) is 27.8 Å². The molecule has 5 heteroatoms. The Bertz CT molecular complexity index is 892. The number of aryl methyl sites for hydroxylation is 2. The second-order valence-corrected chi connectivity index (χ2v) is 6.37. The van der Waals surface area contributed by atoms with Crippen molar-refractivity contribution in [1.82, 2.24) is 14.9 Å². The Labute approximate surface area is 153 Å². The van der Waals surface area contributed by atoms with E-state index < -0.39 is 0 Å². The predicted molar refractivity (Wildman–Crippen MR) is 103 cm³/mol. The first-order valence-electron chi connectivity index (χ1n) is 8.48. The molecular weight excluding hydrogens is 324 g/mol. The normalized spacial score (nSPS) is 10.4. The molecule has 0 atom stereocenters. The van der Waals surface area contributed by atoms with Gasteiger partial charge in [0.2, 0.25) is 5.95 Å². The number of nitrogens with one attached hydrogen (secondary N) is 1. The number of anilines is 2. The maximum Gasteiger partial charge on any atom is 0.257 e. The molecule has 26 heavy (non-hydrogen) atoms. The number of aromatic nitrogens is 2. The van der Waals surface area contributed by atoms with E-state index in [0.29, 0.717) is 18.1 Å². The van der Waals surface area contributed by atoms with Crippen molar-refractivity contribution in [1.29, 1.82) is 0 Å². The van der Waals surface area contributed by atoms with Gasteiger partial charge in [-0.2, -0.15) is 0 Å². The Hall–Kier alpha value is -3.21. The van der Waals surface area contributed by atoms with Crippen molar-refractivity contribution in [3.63, 3.8) is 0 Å². The second kappa shape index (κ2) is 7.78. The van der Waals surface area contributed by atoms with Gasteiger partial charge in [-0.05, 0) is 42.7 Å². The van der Waals surface area contributed by atoms with Crippen LogP contribution in [0.3, 0.4) is 0 Å². The summed E-state index contributed by atoms with van der Waals surface area (Å²) in [6.45, 7) is 4.68. The standard InChI is InChI=1S/C21H22N4O/c1-15-9-10-19(11-16(15)2)24-21-22-12-18(13-23-21)20(26)25(3)14-17-7-5-4-6-8-17/h4-13H,14H2,1-3H3,(H,22,23,24). The molecule has 1 amide bonds. The number of carbonyl (C=O) groups is 1. The van der Waals surface area contributed by atoms with Crippen LogP contribution in [0.4, 0.5) is 11.6 Å². The van der Waals surface area contributed by atoms with Gasteiger partial charge in [-0.15, -0.1) is 0 Å². The molecule has 0 fully saturated rings. The Morgan fingerprint density at radius 3 is 2.35 bits per heavy atom. The Morgan fingerprint density at radius 1 is 1.00 bits per heavy atom. The van der Waals surface area contributed by atoms with Crippen LogP contribution in [0, 0.1) is 13.8 Å². The lowest BCUT2D eigenvalue weighted by atomic mass is 10.1. The lowest BCUT2D eigenvalue weighted by Crippen LogP contribution is -2.26. The number of hydrogen-bond acceptors (Lipinski definition) is 4. The first kappa shape index (κ1) is 17.6. The fraction of sp³-hybridized carbons (Fsp3) is 0.190. The minimum Gasteiger partial charge on any atom is -0.337 e. The van der Waals surface area contributed by atoms with Crippen LogP contribution in [-0.2, 0) is 6.54 Å². The van der Waals surface area contributed by atoms with Gasteiger partial charge < -0.3 is 10.2 Å². The number of rotatable bonds is 5. The van der Waals surface area contributed by atoms with Gasteiger partial charge in [0.15, 0.2) is 0 Å². The zero-order valence-electron chi connectivity index (χ0n) is 15.2. The molecule has 0 unspecified atom stereocenters. The average Bonchev–Trinajstić information content (AvgIpc) is 2.65. The molecule has 0 aliphatic rings. The fourth-order valence-electron chi connectivity index (χ4n) is 2.60. The van der Waals surface area contributed by atoms with Gasteiger partial charge in [0.05, 0.1) is 5.56 Å². The van der Waals surface area contributed by atoms with Crippen molar-refractivity contribution in [3.05, 3.63) is 83.2 Å². The number of nitrogens with zero attached hydrogens (tertiary/aromatic N) is 3. The molecule has 132 valence electrons. The second-order valence-electron chi connectivity index (χ2n) is 6.37. The van der Waals surface area contributed by atoms with Crippen LogP contribution in [0.1, 0.15) is 27.0 Å². The van der Waals surface area contributed by atoms with Gasteiger partial charge in [0.25, 0.3) is 5.91 Å². The van der Waals surface area contributed by atoms with E-state index in [-0.39, 0.29) is 5.91 Å². The molecule has 0 saturated carbocycles. The molecule has 3 aromatic rings. The molecule has 1 heterocycles. The van der Waals surface area contributed by atoms with Crippen LogP contribution in [0.5, 0.6) is 0 Å². The summed E-state index contributed by atoms with van der Waals surface area (Å²) in [5.41, 5.74) is 4.91. The minimum absolute atomic E-state index is 0.105. The highest BCUT2D eigenvalue weighted by atomic mass is 16.2. The highest BCUT2D eigenvalue weighted by Gasteiger charge is 2.13. The van der Waals surface area contributed by atoms with Gasteiger partial charge in [0.1, 0.15) is 0 Å². The van der Waals surface area contributed by atoms with Gasteiger partial charge in [-0.25, -0.2) is 9.97 Å². The van der Waals surface area contributed by atoms with E-state index in [0.717, 1.165) is 11.3 Å². The molecule has 0 spiro atoms. The third-order valence-corrected chi connectivity index (χ3v) is 4.27. The van der Waals surface area contributed by atoms with E-state index >= 15 is 0 Å². The molecule has 0 aliphatic carbocycles. The van der Waals surface area contributed by atoms with Crippen molar-refractivity contribution < 1.29 is 4.79 Å². The van der Waals surface area contributed by atoms with Crippen molar-refractivity contribution in [3.8, 4) is 0 Å². The van der Waals surface area contributed by atoms with Crippen molar-refractivity contribution in [2.75, 3.05) is 12.4 Å². The minimum atomic E-state index is -0.105. The highest BCUT2D eigenvalue weighted by molar-refractivity contribution is 5.93. The maximum atomic E-state index is 12.5. The number of benzene rings is 2. The fourth-order valence-corrected chi connectivity index (χ4v) is 2.60. The van der Waals surface area contributed by atoms with E-state index in [1.807, 2.05) is 48.5 Å². The molecular formula is C21H22N4O. The summed E-state index contributed by atoms with van der Waals surface area (Å²) in [5, 5.41) is 3.16. The van der Waals surface area contributed by atoms with Gasteiger partial charge in [-0.1, -0.05) is 36.4 Å². The largest absolute Gasteiger partial charge is 0.337 e. The summed E-state index contributed by atoms with van der Waals surface area (Å²) < 4.78 is 0. The van der Waals surface area contributed by atoms with E-state index in [1.165, 1.54) is 11.1 Å². The van der Waals surface area contributed by atoms with Gasteiger partial charge in [-0.3, -0.25) is 4.79 Å². The maximum absolute atomic E-state index is 12.5. The van der Waals surface area contributed by atoms with Crippen molar-refractivity contribution >= 4 is 17.5 Å². The topological polar surface area (TPSA) is 58.1 Å². The molecule has 1 N–H and O–H groups in total. The molecule has 0 bridgehead atoms. The van der Waals surface area contributed by atoms with E-state index in [1.54, 1.807) is 24.3 Å². The van der Waals surface area contributed by atoms with E-state index in [2.05, 4.69) is 29.1 Å². The molecule has 5 nitrogen and oxygen atoms in total. The lowest BCUT2D eigenvalue weighted by molar-refractivity contribution is 0.0784. The smallest absolute Gasteiger partial charge is 0.257 e. The number of hydrogen-bond donors (Lipinski definition) is 1. The summed E-state index contributed by atoms with van der Waals surface area (Å²) in [6.07, 6.45) is 3.11. The van der Waals surface area contributed by atoms with Gasteiger partial charge >= 0.3 is 0 Å². The molecule has 2 aromatic carbocycles. The Kier molecular flexibility index (Phi) is 5.27. The van der Waals surface area contributed by atoms with Crippen LogP contribution in [0.15, 0.2) is 60.9 Å². The quantitative estimate of drug-likeness (QED) is 0.755. The summed E-state index contributed by atoms with van der Waals surface area (Å²) >= 11 is 0. The van der Waals surface area contributed by atoms with Crippen LogP contribution in [0.2, 0.25) is 0 Å². The third kappa shape index (κ3) is 4.25. The van der Waals surface area contributed by atoms with Crippen LogP contribution < -0.4 is 5.32 Å². The van der Waals surface area contributed by atoms with E-state index in [9.17, 15) is 4.79 Å². The van der Waals surface area contributed by atoms with E-state index in [4.69, 9.17) is 0 Å². The predicted octanol–water partition coefficient (Wildman–Crippen LogP) is 4.11. The SMILES string of the molecule is Cc1ccc(Nc2ncc(C(=O)N(C)Cc3ccccc3)cn2)cc1C. The summed E-state index contributed by atoms with van der Waals surface area (Å²) in [4.78, 5) is 22.7.